The molecule has 11 heteroatoms. The Kier molecular flexibility index (Phi) is 13.6. The molecule has 1 aliphatic heterocycles. The minimum absolute atomic E-state index is 0. The summed E-state index contributed by atoms with van der Waals surface area (Å²) in [6.45, 7) is 4.68. The van der Waals surface area contributed by atoms with Gasteiger partial charge in [-0.25, -0.2) is 4.98 Å². The summed E-state index contributed by atoms with van der Waals surface area (Å²) in [5.74, 6) is 2.29. The number of nitrogens with one attached hydrogen (secondary N) is 2. The van der Waals surface area contributed by atoms with Crippen LogP contribution in [0.2, 0.25) is 0 Å². The molecule has 2 N–H and O–H groups in total. The number of likely N-dealkylation sites (tertiary alicyclic amines) is 1. The lowest BCUT2D eigenvalue weighted by atomic mass is 9.93. The van der Waals surface area contributed by atoms with Crippen LogP contribution in [0.4, 0.5) is 13.2 Å². The molecule has 1 aromatic heterocycles. The zero-order valence-corrected chi connectivity index (χ0v) is 20.7. The predicted molar refractivity (Wildman–Crippen MR) is 127 cm³/mol. The molecule has 2 heterocycles. The number of aromatic nitrogens is 1. The number of piperidine rings is 1. The van der Waals surface area contributed by atoms with Gasteiger partial charge in [-0.2, -0.15) is 13.2 Å². The molecule has 0 bridgehead atoms. The summed E-state index contributed by atoms with van der Waals surface area (Å²) in [6, 6.07) is 0. The van der Waals surface area contributed by atoms with Gasteiger partial charge < -0.3 is 10.6 Å². The Labute approximate surface area is 196 Å². The molecule has 2 rings (SSSR count). The molecule has 0 unspecified atom stereocenters. The molecule has 1 aromatic rings. The number of nitrogens with zero attached hydrogens (tertiary/aromatic N) is 3. The van der Waals surface area contributed by atoms with Crippen LogP contribution in [0.1, 0.15) is 32.6 Å². The lowest BCUT2D eigenvalue weighted by molar-refractivity contribution is -0.148. The number of rotatable bonds is 10. The van der Waals surface area contributed by atoms with Gasteiger partial charge in [0.25, 0.3) is 0 Å². The second-order valence-electron chi connectivity index (χ2n) is 6.81. The molecule has 1 saturated heterocycles. The van der Waals surface area contributed by atoms with Crippen LogP contribution in [0.15, 0.2) is 20.9 Å². The Bertz CT molecular complexity index is 564. The van der Waals surface area contributed by atoms with Crippen molar-refractivity contribution in [1.82, 2.24) is 20.5 Å². The highest BCUT2D eigenvalue weighted by molar-refractivity contribution is 14.0. The molecule has 0 radical (unpaired) electrons. The van der Waals surface area contributed by atoms with Gasteiger partial charge in [0.1, 0.15) is 4.34 Å². The van der Waals surface area contributed by atoms with Crippen molar-refractivity contribution in [1.29, 1.82) is 0 Å². The van der Waals surface area contributed by atoms with Crippen LogP contribution in [0, 0.1) is 5.92 Å². The molecule has 0 aliphatic carbocycles. The largest absolute Gasteiger partial charge is 0.401 e. The van der Waals surface area contributed by atoms with Crippen molar-refractivity contribution in [3.8, 4) is 0 Å². The van der Waals surface area contributed by atoms with E-state index in [1.807, 2.05) is 18.5 Å². The summed E-state index contributed by atoms with van der Waals surface area (Å²) in [4.78, 5) is 10.4. The van der Waals surface area contributed by atoms with Gasteiger partial charge >= 0.3 is 6.18 Å². The Morgan fingerprint density at radius 2 is 2.10 bits per heavy atom. The van der Waals surface area contributed by atoms with Crippen LogP contribution in [0.5, 0.6) is 0 Å². The monoisotopic (exact) mass is 565 g/mol. The zero-order chi connectivity index (χ0) is 20.2. The van der Waals surface area contributed by atoms with E-state index < -0.39 is 12.7 Å². The van der Waals surface area contributed by atoms with Crippen LogP contribution in [0.25, 0.3) is 0 Å². The van der Waals surface area contributed by atoms with Crippen LogP contribution in [-0.4, -0.2) is 67.0 Å². The molecule has 0 spiro atoms. The Hall–Kier alpha value is -0.270. The summed E-state index contributed by atoms with van der Waals surface area (Å²) < 4.78 is 38.4. The van der Waals surface area contributed by atoms with Crippen molar-refractivity contribution in [2.45, 2.75) is 43.1 Å². The first-order valence-electron chi connectivity index (χ1n) is 9.80. The summed E-state index contributed by atoms with van der Waals surface area (Å²) >= 11 is 3.41. The topological polar surface area (TPSA) is 52.6 Å². The Morgan fingerprint density at radius 1 is 1.34 bits per heavy atom. The standard InChI is InChI=1S/C18H30F3N5S2.HI/c1-2-22-16(23-7-3-12-27-17-25-9-13-28-17)24-8-4-15-5-10-26(11-6-15)14-18(19,20)21;/h9,13,15H,2-8,10-12,14H2,1H3,(H2,22,23,24);1H. The van der Waals surface area contributed by atoms with Crippen molar-refractivity contribution in [2.24, 2.45) is 10.9 Å². The molecule has 5 nitrogen and oxygen atoms in total. The van der Waals surface area contributed by atoms with E-state index in [0.29, 0.717) is 19.0 Å². The fourth-order valence-corrected chi connectivity index (χ4v) is 4.75. The van der Waals surface area contributed by atoms with Crippen molar-refractivity contribution >= 4 is 53.0 Å². The molecular formula is C18H31F3IN5S2. The highest BCUT2D eigenvalue weighted by atomic mass is 127. The number of thioether (sulfide) groups is 1. The van der Waals surface area contributed by atoms with Gasteiger partial charge in [-0.1, -0.05) is 11.8 Å². The van der Waals surface area contributed by atoms with Crippen LogP contribution in [0.3, 0.4) is 0 Å². The maximum Gasteiger partial charge on any atom is 0.401 e. The molecular weight excluding hydrogens is 534 g/mol. The number of hydrogen-bond acceptors (Lipinski definition) is 5. The number of hydrogen-bond donors (Lipinski definition) is 2. The first-order chi connectivity index (χ1) is 13.5. The highest BCUT2D eigenvalue weighted by Gasteiger charge is 2.32. The van der Waals surface area contributed by atoms with E-state index in [-0.39, 0.29) is 24.0 Å². The minimum atomic E-state index is -4.09. The van der Waals surface area contributed by atoms with Crippen molar-refractivity contribution in [3.63, 3.8) is 0 Å². The van der Waals surface area contributed by atoms with E-state index in [0.717, 1.165) is 61.4 Å². The van der Waals surface area contributed by atoms with E-state index >= 15 is 0 Å². The summed E-state index contributed by atoms with van der Waals surface area (Å²) in [5.41, 5.74) is 0. The summed E-state index contributed by atoms with van der Waals surface area (Å²) in [5, 5.41) is 8.58. The van der Waals surface area contributed by atoms with Crippen molar-refractivity contribution in [2.75, 3.05) is 45.0 Å². The number of halogens is 4. The van der Waals surface area contributed by atoms with Gasteiger partial charge in [-0.3, -0.25) is 9.89 Å². The smallest absolute Gasteiger partial charge is 0.357 e. The predicted octanol–water partition coefficient (Wildman–Crippen LogP) is 4.46. The number of alkyl halides is 3. The minimum Gasteiger partial charge on any atom is -0.357 e. The normalized spacial score (nSPS) is 16.5. The van der Waals surface area contributed by atoms with Crippen molar-refractivity contribution < 1.29 is 13.2 Å². The van der Waals surface area contributed by atoms with E-state index in [1.54, 1.807) is 23.1 Å². The SMILES string of the molecule is CCNC(=NCCCSc1nccs1)NCCC1CCN(CC(F)(F)F)CC1.I. The fraction of sp³-hybridized carbons (Fsp3) is 0.778. The first-order valence-corrected chi connectivity index (χ1v) is 11.7. The second-order valence-corrected chi connectivity index (χ2v) is 9.05. The molecule has 1 fully saturated rings. The van der Waals surface area contributed by atoms with Crippen molar-refractivity contribution in [3.05, 3.63) is 11.6 Å². The molecule has 0 amide bonds. The number of aliphatic imine (C=N–C) groups is 1. The van der Waals surface area contributed by atoms with Gasteiger partial charge in [0, 0.05) is 37.0 Å². The average molecular weight is 566 g/mol. The molecule has 29 heavy (non-hydrogen) atoms. The number of thiazole rings is 1. The van der Waals surface area contributed by atoms with Gasteiger partial charge in [-0.15, -0.1) is 35.3 Å². The van der Waals surface area contributed by atoms with Crippen LogP contribution in [-0.2, 0) is 0 Å². The highest BCUT2D eigenvalue weighted by Crippen LogP contribution is 2.24. The molecule has 0 aromatic carbocycles. The molecule has 0 atom stereocenters. The molecule has 1 aliphatic rings. The third-order valence-corrected chi connectivity index (χ3v) is 6.56. The van der Waals surface area contributed by atoms with E-state index in [9.17, 15) is 13.2 Å². The maximum atomic E-state index is 12.4. The first kappa shape index (κ1) is 26.8. The molecule has 168 valence electrons. The number of guanidine groups is 1. The third-order valence-electron chi connectivity index (χ3n) is 4.51. The Morgan fingerprint density at radius 3 is 2.72 bits per heavy atom. The van der Waals surface area contributed by atoms with Gasteiger partial charge in [0.15, 0.2) is 5.96 Å². The van der Waals surface area contributed by atoms with E-state index in [4.69, 9.17) is 0 Å². The van der Waals surface area contributed by atoms with E-state index in [2.05, 4.69) is 20.6 Å². The zero-order valence-electron chi connectivity index (χ0n) is 16.7. The maximum absolute atomic E-state index is 12.4. The molecule has 0 saturated carbocycles. The quantitative estimate of drug-likeness (QED) is 0.144. The second kappa shape index (κ2) is 14.7. The average Bonchev–Trinajstić information content (AvgIpc) is 3.15. The van der Waals surface area contributed by atoms with Gasteiger partial charge in [0.05, 0.1) is 6.54 Å². The lowest BCUT2D eigenvalue weighted by Gasteiger charge is -2.32. The Balaban J connectivity index is 0.00000420. The van der Waals surface area contributed by atoms with Gasteiger partial charge in [0.2, 0.25) is 0 Å². The van der Waals surface area contributed by atoms with E-state index in [1.165, 1.54) is 4.90 Å². The summed E-state index contributed by atoms with van der Waals surface area (Å²) in [7, 11) is 0. The van der Waals surface area contributed by atoms with Crippen LogP contribution < -0.4 is 10.6 Å². The van der Waals surface area contributed by atoms with Crippen LogP contribution >= 0.6 is 47.1 Å². The third kappa shape index (κ3) is 12.2. The lowest BCUT2D eigenvalue weighted by Crippen LogP contribution is -2.41. The summed E-state index contributed by atoms with van der Waals surface area (Å²) in [6.07, 6.45) is 1.34. The van der Waals surface area contributed by atoms with Gasteiger partial charge in [-0.05, 0) is 51.6 Å². The fourth-order valence-electron chi connectivity index (χ4n) is 3.12.